The summed E-state index contributed by atoms with van der Waals surface area (Å²) in [6, 6.07) is 0. The lowest BCUT2D eigenvalue weighted by atomic mass is 9.99. The van der Waals surface area contributed by atoms with E-state index < -0.39 is 11.9 Å². The number of amides is 1. The third-order valence-corrected chi connectivity index (χ3v) is 3.13. The lowest BCUT2D eigenvalue weighted by molar-refractivity contribution is -0.141. The lowest BCUT2D eigenvalue weighted by Gasteiger charge is -2.23. The number of aryl methyl sites for hydroxylation is 1. The highest BCUT2D eigenvalue weighted by Crippen LogP contribution is 2.30. The fourth-order valence-corrected chi connectivity index (χ4v) is 2.13. The molecule has 0 radical (unpaired) electrons. The van der Waals surface area contributed by atoms with E-state index in [9.17, 15) is 18.0 Å². The maximum absolute atomic E-state index is 12.5. The van der Waals surface area contributed by atoms with Crippen molar-refractivity contribution in [3.05, 3.63) is 30.4 Å². The Morgan fingerprint density at radius 2 is 2.37 bits per heavy atom. The van der Waals surface area contributed by atoms with E-state index in [4.69, 9.17) is 0 Å². The zero-order chi connectivity index (χ0) is 14.0. The SMILES string of the molecule is C=CC(=O)NCC1CCc2nc(C(F)(F)F)cn2C1. The van der Waals surface area contributed by atoms with Gasteiger partial charge in [-0.25, -0.2) is 4.98 Å². The van der Waals surface area contributed by atoms with Gasteiger partial charge in [-0.1, -0.05) is 6.58 Å². The Bertz CT molecular complexity index is 493. The first-order valence-electron chi connectivity index (χ1n) is 5.93. The molecule has 1 aliphatic rings. The summed E-state index contributed by atoms with van der Waals surface area (Å²) >= 11 is 0. The Hall–Kier alpha value is -1.79. The Morgan fingerprint density at radius 1 is 1.63 bits per heavy atom. The average molecular weight is 273 g/mol. The molecule has 1 aromatic heterocycles. The van der Waals surface area contributed by atoms with Gasteiger partial charge in [-0.05, 0) is 18.4 Å². The van der Waals surface area contributed by atoms with Gasteiger partial charge in [0.05, 0.1) is 0 Å². The minimum atomic E-state index is -4.41. The molecule has 1 amide bonds. The van der Waals surface area contributed by atoms with E-state index >= 15 is 0 Å². The number of hydrogen-bond acceptors (Lipinski definition) is 2. The lowest BCUT2D eigenvalue weighted by Crippen LogP contribution is -2.32. The Labute approximate surface area is 108 Å². The van der Waals surface area contributed by atoms with Crippen LogP contribution in [0, 0.1) is 5.92 Å². The van der Waals surface area contributed by atoms with Crippen molar-refractivity contribution in [2.45, 2.75) is 25.6 Å². The summed E-state index contributed by atoms with van der Waals surface area (Å²) in [6.07, 6.45) is -0.989. The molecular formula is C12H14F3N3O. The van der Waals surface area contributed by atoms with Crippen molar-refractivity contribution in [1.82, 2.24) is 14.9 Å². The van der Waals surface area contributed by atoms with Crippen LogP contribution in [-0.2, 0) is 23.9 Å². The molecule has 0 aromatic carbocycles. The van der Waals surface area contributed by atoms with Gasteiger partial charge in [0.1, 0.15) is 5.82 Å². The number of aromatic nitrogens is 2. The molecule has 0 aliphatic carbocycles. The summed E-state index contributed by atoms with van der Waals surface area (Å²) in [5.74, 6) is 0.303. The number of imidazole rings is 1. The predicted molar refractivity (Wildman–Crippen MR) is 62.2 cm³/mol. The zero-order valence-corrected chi connectivity index (χ0v) is 10.2. The zero-order valence-electron chi connectivity index (χ0n) is 10.2. The van der Waals surface area contributed by atoms with E-state index in [-0.39, 0.29) is 11.8 Å². The Kier molecular flexibility index (Phi) is 3.64. The average Bonchev–Trinajstić information content (AvgIpc) is 2.78. The normalized spacial score (nSPS) is 18.8. The van der Waals surface area contributed by atoms with Gasteiger partial charge in [0.2, 0.25) is 5.91 Å². The maximum Gasteiger partial charge on any atom is 0.434 e. The number of carbonyl (C=O) groups is 1. The monoisotopic (exact) mass is 273 g/mol. The van der Waals surface area contributed by atoms with Crippen LogP contribution in [0.1, 0.15) is 17.9 Å². The molecular weight excluding hydrogens is 259 g/mol. The fourth-order valence-electron chi connectivity index (χ4n) is 2.13. The van der Waals surface area contributed by atoms with Crippen molar-refractivity contribution in [1.29, 1.82) is 0 Å². The highest BCUT2D eigenvalue weighted by molar-refractivity contribution is 5.86. The number of halogens is 3. The molecule has 1 unspecified atom stereocenters. The number of rotatable bonds is 3. The molecule has 7 heteroatoms. The molecule has 4 nitrogen and oxygen atoms in total. The largest absolute Gasteiger partial charge is 0.434 e. The summed E-state index contributed by atoms with van der Waals surface area (Å²) in [7, 11) is 0. The van der Waals surface area contributed by atoms with E-state index in [2.05, 4.69) is 16.9 Å². The van der Waals surface area contributed by atoms with Crippen LogP contribution in [0.3, 0.4) is 0 Å². The summed E-state index contributed by atoms with van der Waals surface area (Å²) in [5, 5.41) is 2.66. The Morgan fingerprint density at radius 3 is 3.00 bits per heavy atom. The van der Waals surface area contributed by atoms with Crippen LogP contribution in [-0.4, -0.2) is 22.0 Å². The molecule has 1 atom stereocenters. The second kappa shape index (κ2) is 5.07. The number of hydrogen-bond donors (Lipinski definition) is 1. The van der Waals surface area contributed by atoms with E-state index in [0.29, 0.717) is 31.8 Å². The molecule has 0 fully saturated rings. The standard InChI is InChI=1S/C12H14F3N3O/c1-2-11(19)16-5-8-3-4-10-17-9(12(13,14)15)7-18(10)6-8/h2,7-8H,1,3-6H2,(H,16,19). The molecule has 0 spiro atoms. The number of carbonyl (C=O) groups excluding carboxylic acids is 1. The van der Waals surface area contributed by atoms with Gasteiger partial charge in [0, 0.05) is 25.7 Å². The third kappa shape index (κ3) is 3.15. The molecule has 2 rings (SSSR count). The van der Waals surface area contributed by atoms with Crippen molar-refractivity contribution < 1.29 is 18.0 Å². The first-order chi connectivity index (χ1) is 8.90. The van der Waals surface area contributed by atoms with Crippen LogP contribution in [0.5, 0.6) is 0 Å². The molecule has 1 aliphatic heterocycles. The van der Waals surface area contributed by atoms with Crippen LogP contribution >= 0.6 is 0 Å². The van der Waals surface area contributed by atoms with Crippen molar-refractivity contribution in [3.8, 4) is 0 Å². The molecule has 1 aromatic rings. The van der Waals surface area contributed by atoms with Gasteiger partial charge in [0.15, 0.2) is 5.69 Å². The highest BCUT2D eigenvalue weighted by Gasteiger charge is 2.35. The molecule has 1 N–H and O–H groups in total. The Balaban J connectivity index is 2.01. The summed E-state index contributed by atoms with van der Waals surface area (Å²) < 4.78 is 39.1. The first-order valence-corrected chi connectivity index (χ1v) is 5.93. The van der Waals surface area contributed by atoms with E-state index in [1.165, 1.54) is 10.6 Å². The van der Waals surface area contributed by atoms with E-state index in [0.717, 1.165) is 6.20 Å². The predicted octanol–water partition coefficient (Wildman–Crippen LogP) is 1.77. The number of nitrogens with one attached hydrogen (secondary N) is 1. The van der Waals surface area contributed by atoms with E-state index in [1.807, 2.05) is 0 Å². The van der Waals surface area contributed by atoms with Crippen molar-refractivity contribution >= 4 is 5.91 Å². The summed E-state index contributed by atoms with van der Waals surface area (Å²) in [4.78, 5) is 14.6. The van der Waals surface area contributed by atoms with Gasteiger partial charge < -0.3 is 9.88 Å². The molecule has 19 heavy (non-hydrogen) atoms. The number of fused-ring (bicyclic) bond motifs is 1. The van der Waals surface area contributed by atoms with Gasteiger partial charge in [-0.15, -0.1) is 0 Å². The maximum atomic E-state index is 12.5. The number of alkyl halides is 3. The smallest absolute Gasteiger partial charge is 0.352 e. The molecule has 2 heterocycles. The van der Waals surface area contributed by atoms with Crippen molar-refractivity contribution in [2.75, 3.05) is 6.54 Å². The quantitative estimate of drug-likeness (QED) is 0.853. The van der Waals surface area contributed by atoms with Gasteiger partial charge >= 0.3 is 6.18 Å². The van der Waals surface area contributed by atoms with Crippen molar-refractivity contribution in [3.63, 3.8) is 0 Å². The van der Waals surface area contributed by atoms with Gasteiger partial charge in [0.25, 0.3) is 0 Å². The topological polar surface area (TPSA) is 46.9 Å². The third-order valence-electron chi connectivity index (χ3n) is 3.13. The minimum Gasteiger partial charge on any atom is -0.352 e. The van der Waals surface area contributed by atoms with Crippen molar-refractivity contribution in [2.24, 2.45) is 5.92 Å². The molecule has 104 valence electrons. The summed E-state index contributed by atoms with van der Waals surface area (Å²) in [6.45, 7) is 4.21. The van der Waals surface area contributed by atoms with Crippen LogP contribution < -0.4 is 5.32 Å². The van der Waals surface area contributed by atoms with Gasteiger partial charge in [-0.2, -0.15) is 13.2 Å². The first kappa shape index (κ1) is 13.6. The second-order valence-corrected chi connectivity index (χ2v) is 4.55. The molecule has 0 bridgehead atoms. The van der Waals surface area contributed by atoms with Crippen LogP contribution in [0.15, 0.2) is 18.9 Å². The van der Waals surface area contributed by atoms with Crippen LogP contribution in [0.25, 0.3) is 0 Å². The van der Waals surface area contributed by atoms with Gasteiger partial charge in [-0.3, -0.25) is 4.79 Å². The summed E-state index contributed by atoms with van der Waals surface area (Å²) in [5.41, 5.74) is -0.849. The second-order valence-electron chi connectivity index (χ2n) is 4.55. The fraction of sp³-hybridized carbons (Fsp3) is 0.500. The number of nitrogens with zero attached hydrogens (tertiary/aromatic N) is 2. The highest BCUT2D eigenvalue weighted by atomic mass is 19.4. The van der Waals surface area contributed by atoms with E-state index in [1.54, 1.807) is 0 Å². The van der Waals surface area contributed by atoms with Crippen LogP contribution in [0.2, 0.25) is 0 Å². The van der Waals surface area contributed by atoms with Crippen LogP contribution in [0.4, 0.5) is 13.2 Å². The minimum absolute atomic E-state index is 0.117. The molecule has 0 saturated carbocycles. The molecule has 0 saturated heterocycles.